The maximum absolute atomic E-state index is 10.8. The summed E-state index contributed by atoms with van der Waals surface area (Å²) in [6.45, 7) is 1.71. The molecule has 1 heterocycles. The van der Waals surface area contributed by atoms with Crippen LogP contribution in [0.15, 0.2) is 24.3 Å². The average Bonchev–Trinajstić information content (AvgIpc) is 2.65. The first-order valence-electron chi connectivity index (χ1n) is 5.60. The molecule has 104 valence electrons. The fourth-order valence-electron chi connectivity index (χ4n) is 1.83. The van der Waals surface area contributed by atoms with Crippen LogP contribution in [0.1, 0.15) is 11.3 Å². The van der Waals surface area contributed by atoms with Crippen molar-refractivity contribution in [1.29, 1.82) is 0 Å². The van der Waals surface area contributed by atoms with E-state index in [1.165, 1.54) is 23.7 Å². The lowest BCUT2D eigenvalue weighted by atomic mass is 10.2. The molecular formula is C11H11N5O4. The second-order valence-corrected chi connectivity index (χ2v) is 4.16. The minimum absolute atomic E-state index is 0.0238. The van der Waals surface area contributed by atoms with Gasteiger partial charge in [-0.2, -0.15) is 5.10 Å². The summed E-state index contributed by atoms with van der Waals surface area (Å²) in [6, 6.07) is 5.83. The molecule has 1 aromatic heterocycles. The van der Waals surface area contributed by atoms with Crippen molar-refractivity contribution in [3.05, 3.63) is 55.8 Å². The third kappa shape index (κ3) is 2.41. The Kier molecular flexibility index (Phi) is 3.34. The molecule has 0 bridgehead atoms. The molecule has 0 spiro atoms. The number of non-ortho nitro benzene ring substituents is 1. The molecule has 0 aliphatic rings. The average molecular weight is 277 g/mol. The molecule has 0 fully saturated rings. The summed E-state index contributed by atoms with van der Waals surface area (Å²) in [6.07, 6.45) is 0. The predicted octanol–water partition coefficient (Wildman–Crippen LogP) is 1.64. The Morgan fingerprint density at radius 2 is 1.80 bits per heavy atom. The third-order valence-electron chi connectivity index (χ3n) is 2.80. The first kappa shape index (κ1) is 13.5. The Morgan fingerprint density at radius 1 is 1.20 bits per heavy atom. The number of nitro benzene ring substituents is 1. The van der Waals surface area contributed by atoms with E-state index < -0.39 is 9.85 Å². The van der Waals surface area contributed by atoms with Gasteiger partial charge in [-0.05, 0) is 12.5 Å². The van der Waals surface area contributed by atoms with Crippen molar-refractivity contribution < 1.29 is 9.85 Å². The van der Waals surface area contributed by atoms with Gasteiger partial charge in [0, 0.05) is 12.1 Å². The minimum Gasteiger partial charge on any atom is -0.378 e. The maximum atomic E-state index is 10.8. The number of nitrogen functional groups attached to an aromatic ring is 1. The van der Waals surface area contributed by atoms with Gasteiger partial charge in [-0.3, -0.25) is 20.2 Å². The zero-order valence-electron chi connectivity index (χ0n) is 10.5. The van der Waals surface area contributed by atoms with Crippen molar-refractivity contribution >= 4 is 17.2 Å². The van der Waals surface area contributed by atoms with E-state index in [0.29, 0.717) is 5.56 Å². The van der Waals surface area contributed by atoms with Crippen LogP contribution in [0, 0.1) is 27.2 Å². The van der Waals surface area contributed by atoms with E-state index in [-0.39, 0.29) is 29.4 Å². The molecule has 2 N–H and O–H groups in total. The summed E-state index contributed by atoms with van der Waals surface area (Å²) < 4.78 is 1.30. The van der Waals surface area contributed by atoms with Gasteiger partial charge in [-0.1, -0.05) is 12.1 Å². The van der Waals surface area contributed by atoms with Gasteiger partial charge in [0.25, 0.3) is 5.69 Å². The summed E-state index contributed by atoms with van der Waals surface area (Å²) in [5.41, 5.74) is 6.38. The Balaban J connectivity index is 2.28. The predicted molar refractivity (Wildman–Crippen MR) is 70.2 cm³/mol. The molecule has 0 aliphatic carbocycles. The summed E-state index contributed by atoms with van der Waals surface area (Å²) in [5, 5.41) is 25.4. The van der Waals surface area contributed by atoms with E-state index in [0.717, 1.165) is 0 Å². The van der Waals surface area contributed by atoms with Crippen molar-refractivity contribution in [3.8, 4) is 0 Å². The van der Waals surface area contributed by atoms with Crippen LogP contribution < -0.4 is 5.73 Å². The van der Waals surface area contributed by atoms with Crippen LogP contribution in [0.4, 0.5) is 17.2 Å². The Hall–Kier alpha value is -2.97. The van der Waals surface area contributed by atoms with Crippen LogP contribution in [0.25, 0.3) is 0 Å². The summed E-state index contributed by atoms with van der Waals surface area (Å²) >= 11 is 0. The second kappa shape index (κ2) is 4.96. The lowest BCUT2D eigenvalue weighted by molar-refractivity contribution is -0.384. The van der Waals surface area contributed by atoms with E-state index in [4.69, 9.17) is 5.73 Å². The maximum Gasteiger partial charge on any atom is 0.333 e. The van der Waals surface area contributed by atoms with Crippen molar-refractivity contribution in [2.45, 2.75) is 13.5 Å². The number of anilines is 1. The van der Waals surface area contributed by atoms with Crippen molar-refractivity contribution in [2.75, 3.05) is 5.73 Å². The largest absolute Gasteiger partial charge is 0.378 e. The van der Waals surface area contributed by atoms with Crippen LogP contribution in [0.5, 0.6) is 0 Å². The Morgan fingerprint density at radius 3 is 2.25 bits per heavy atom. The minimum atomic E-state index is -0.579. The van der Waals surface area contributed by atoms with Crippen molar-refractivity contribution in [1.82, 2.24) is 9.78 Å². The highest BCUT2D eigenvalue weighted by molar-refractivity contribution is 5.56. The SMILES string of the molecule is Cc1nn(Cc2ccc([N+](=O)[O-])cc2)c(N)c1[N+](=O)[O-]. The van der Waals surface area contributed by atoms with E-state index in [1.54, 1.807) is 12.1 Å². The van der Waals surface area contributed by atoms with Gasteiger partial charge in [0.05, 0.1) is 16.4 Å². The van der Waals surface area contributed by atoms with E-state index in [2.05, 4.69) is 5.10 Å². The summed E-state index contributed by atoms with van der Waals surface area (Å²) in [5.74, 6) is -0.0362. The number of aromatic nitrogens is 2. The molecule has 0 radical (unpaired) electrons. The molecule has 0 saturated heterocycles. The topological polar surface area (TPSA) is 130 Å². The number of nitro groups is 2. The van der Waals surface area contributed by atoms with Crippen LogP contribution >= 0.6 is 0 Å². The summed E-state index contributed by atoms with van der Waals surface area (Å²) in [4.78, 5) is 20.3. The highest BCUT2D eigenvalue weighted by Gasteiger charge is 2.22. The first-order valence-corrected chi connectivity index (χ1v) is 5.60. The standard InChI is InChI=1S/C11H11N5O4/c1-7-10(16(19)20)11(12)14(13-7)6-8-2-4-9(5-3-8)15(17)18/h2-5H,6,12H2,1H3. The number of nitrogens with zero attached hydrogens (tertiary/aromatic N) is 4. The Labute approximate surface area is 112 Å². The van der Waals surface area contributed by atoms with Crippen LogP contribution in [0.3, 0.4) is 0 Å². The lowest BCUT2D eigenvalue weighted by Crippen LogP contribution is -2.06. The number of benzene rings is 1. The molecule has 1 aromatic carbocycles. The molecule has 2 aromatic rings. The van der Waals surface area contributed by atoms with Crippen LogP contribution in [-0.4, -0.2) is 19.6 Å². The number of aryl methyl sites for hydroxylation is 1. The lowest BCUT2D eigenvalue weighted by Gasteiger charge is -2.03. The van der Waals surface area contributed by atoms with Gasteiger partial charge in [0.1, 0.15) is 5.69 Å². The highest BCUT2D eigenvalue weighted by atomic mass is 16.6. The molecule has 0 aliphatic heterocycles. The molecule has 0 amide bonds. The van der Waals surface area contributed by atoms with Crippen molar-refractivity contribution in [3.63, 3.8) is 0 Å². The summed E-state index contributed by atoms with van der Waals surface area (Å²) in [7, 11) is 0. The molecule has 0 unspecified atom stereocenters. The zero-order valence-corrected chi connectivity index (χ0v) is 10.5. The molecule has 9 heteroatoms. The van der Waals surface area contributed by atoms with Gasteiger partial charge >= 0.3 is 5.69 Å². The fraction of sp³-hybridized carbons (Fsp3) is 0.182. The van der Waals surface area contributed by atoms with Crippen LogP contribution in [0.2, 0.25) is 0 Å². The Bertz CT molecular complexity index is 677. The zero-order chi connectivity index (χ0) is 14.9. The van der Waals surface area contributed by atoms with Gasteiger partial charge < -0.3 is 5.73 Å². The van der Waals surface area contributed by atoms with Crippen molar-refractivity contribution in [2.24, 2.45) is 0 Å². The quantitative estimate of drug-likeness (QED) is 0.667. The molecule has 2 rings (SSSR count). The van der Waals surface area contributed by atoms with E-state index in [1.807, 2.05) is 0 Å². The fourth-order valence-corrected chi connectivity index (χ4v) is 1.83. The van der Waals surface area contributed by atoms with Gasteiger partial charge in [-0.15, -0.1) is 0 Å². The molecule has 9 nitrogen and oxygen atoms in total. The first-order chi connectivity index (χ1) is 9.40. The van der Waals surface area contributed by atoms with E-state index in [9.17, 15) is 20.2 Å². The van der Waals surface area contributed by atoms with Crippen LogP contribution in [-0.2, 0) is 6.54 Å². The molecule has 0 atom stereocenters. The molecule has 0 saturated carbocycles. The third-order valence-corrected chi connectivity index (χ3v) is 2.80. The van der Waals surface area contributed by atoms with Gasteiger partial charge in [-0.25, -0.2) is 4.68 Å². The normalized spacial score (nSPS) is 10.4. The van der Waals surface area contributed by atoms with Gasteiger partial charge in [0.15, 0.2) is 0 Å². The van der Waals surface area contributed by atoms with Gasteiger partial charge in [0.2, 0.25) is 5.82 Å². The number of hydrogen-bond acceptors (Lipinski definition) is 6. The number of rotatable bonds is 4. The highest BCUT2D eigenvalue weighted by Crippen LogP contribution is 2.25. The number of hydrogen-bond donors (Lipinski definition) is 1. The molecule has 20 heavy (non-hydrogen) atoms. The monoisotopic (exact) mass is 277 g/mol. The smallest absolute Gasteiger partial charge is 0.333 e. The van der Waals surface area contributed by atoms with E-state index >= 15 is 0 Å². The molecular weight excluding hydrogens is 266 g/mol. The number of nitrogens with two attached hydrogens (primary N) is 1. The second-order valence-electron chi connectivity index (χ2n) is 4.16.